The summed E-state index contributed by atoms with van der Waals surface area (Å²) < 4.78 is 0. The zero-order chi connectivity index (χ0) is 45.1. The number of amides is 1. The van der Waals surface area contributed by atoms with Crippen LogP contribution in [-0.2, 0) is 4.79 Å². The molecule has 0 aliphatic heterocycles. The Bertz CT molecular complexity index is 920. The van der Waals surface area contributed by atoms with Crippen molar-refractivity contribution in [2.45, 2.75) is 327 Å². The second kappa shape index (κ2) is 52.5. The standard InChI is InChI=1S/C57H111NO4/c1-3-5-7-9-11-13-15-17-19-21-22-23-24-25-26-27-28-29-30-31-32-33-34-36-38-40-42-44-46-48-50-52-56(61)57(62)58-54(53-59)55(60)51-49-47-45-43-41-39-37-35-20-18-16-14-12-10-8-6-4-2/h25-26,49,51,54-56,59-61H,3-24,27-48,50,52-53H2,1-2H3,(H,58,62)/b26-25-,51-49+. The van der Waals surface area contributed by atoms with Crippen molar-refractivity contribution in [1.82, 2.24) is 5.32 Å². The van der Waals surface area contributed by atoms with E-state index in [2.05, 4.69) is 31.3 Å². The minimum atomic E-state index is -1.10. The molecule has 5 nitrogen and oxygen atoms in total. The molecule has 3 atom stereocenters. The van der Waals surface area contributed by atoms with E-state index in [1.165, 1.54) is 257 Å². The Labute approximate surface area is 388 Å². The normalized spacial score (nSPS) is 13.4. The largest absolute Gasteiger partial charge is 0.394 e. The first kappa shape index (κ1) is 60.8. The Morgan fingerprint density at radius 1 is 0.387 bits per heavy atom. The first-order valence-electron chi connectivity index (χ1n) is 28.2. The lowest BCUT2D eigenvalue weighted by atomic mass is 10.0. The molecule has 0 aromatic carbocycles. The van der Waals surface area contributed by atoms with Gasteiger partial charge in [0.05, 0.1) is 18.8 Å². The maximum absolute atomic E-state index is 12.5. The molecule has 4 N–H and O–H groups in total. The van der Waals surface area contributed by atoms with Crippen molar-refractivity contribution in [3.05, 3.63) is 24.3 Å². The Hall–Kier alpha value is -1.17. The monoisotopic (exact) mass is 874 g/mol. The quantitative estimate of drug-likeness (QED) is 0.0362. The van der Waals surface area contributed by atoms with Crippen molar-refractivity contribution in [1.29, 1.82) is 0 Å². The first-order chi connectivity index (χ1) is 30.6. The summed E-state index contributed by atoms with van der Waals surface area (Å²) in [5, 5.41) is 33.3. The van der Waals surface area contributed by atoms with Crippen LogP contribution in [0.25, 0.3) is 0 Å². The van der Waals surface area contributed by atoms with Gasteiger partial charge in [0.25, 0.3) is 0 Å². The summed E-state index contributed by atoms with van der Waals surface area (Å²) in [6.45, 7) is 4.21. The molecule has 5 heteroatoms. The zero-order valence-electron chi connectivity index (χ0n) is 42.0. The average molecular weight is 875 g/mol. The Morgan fingerprint density at radius 2 is 0.645 bits per heavy atom. The molecule has 0 heterocycles. The van der Waals surface area contributed by atoms with Crippen LogP contribution in [0.2, 0.25) is 0 Å². The second-order valence-electron chi connectivity index (χ2n) is 19.5. The van der Waals surface area contributed by atoms with Crippen LogP contribution >= 0.6 is 0 Å². The Balaban J connectivity index is 3.52. The molecular weight excluding hydrogens is 763 g/mol. The van der Waals surface area contributed by atoms with Gasteiger partial charge in [-0.2, -0.15) is 0 Å². The van der Waals surface area contributed by atoms with Crippen LogP contribution in [-0.4, -0.2) is 46.1 Å². The SMILES string of the molecule is CCCCCCCCCCCCCC/C=C\CCCCCCCCCCCCCCCCCC(O)C(=O)NC(CO)C(O)/C=C/CCCCCCCCCCCCCCCCC. The number of rotatable bonds is 52. The molecule has 0 aliphatic rings. The van der Waals surface area contributed by atoms with Crippen molar-refractivity contribution < 1.29 is 20.1 Å². The molecule has 0 bridgehead atoms. The second-order valence-corrected chi connectivity index (χ2v) is 19.5. The number of hydrogen-bond acceptors (Lipinski definition) is 4. The van der Waals surface area contributed by atoms with Crippen molar-refractivity contribution in [3.63, 3.8) is 0 Å². The van der Waals surface area contributed by atoms with E-state index in [-0.39, 0.29) is 6.61 Å². The van der Waals surface area contributed by atoms with Gasteiger partial charge in [0.15, 0.2) is 0 Å². The number of nitrogens with one attached hydrogen (secondary N) is 1. The van der Waals surface area contributed by atoms with Gasteiger partial charge in [-0.3, -0.25) is 4.79 Å². The first-order valence-corrected chi connectivity index (χ1v) is 28.2. The maximum Gasteiger partial charge on any atom is 0.249 e. The lowest BCUT2D eigenvalue weighted by Gasteiger charge is -2.21. The molecule has 62 heavy (non-hydrogen) atoms. The van der Waals surface area contributed by atoms with Crippen LogP contribution in [0.5, 0.6) is 0 Å². The number of aliphatic hydroxyl groups excluding tert-OH is 3. The molecular formula is C57H111NO4. The van der Waals surface area contributed by atoms with E-state index in [9.17, 15) is 20.1 Å². The highest BCUT2D eigenvalue weighted by atomic mass is 16.3. The summed E-state index contributed by atoms with van der Waals surface area (Å²) in [5.74, 6) is -0.498. The molecule has 0 radical (unpaired) electrons. The third kappa shape index (κ3) is 46.8. The summed E-state index contributed by atoms with van der Waals surface area (Å²) in [4.78, 5) is 12.5. The average Bonchev–Trinajstić information content (AvgIpc) is 3.28. The van der Waals surface area contributed by atoms with E-state index in [1.54, 1.807) is 6.08 Å². The third-order valence-corrected chi connectivity index (χ3v) is 13.3. The van der Waals surface area contributed by atoms with Crippen LogP contribution in [0.15, 0.2) is 24.3 Å². The zero-order valence-corrected chi connectivity index (χ0v) is 42.0. The molecule has 1 amide bonds. The van der Waals surface area contributed by atoms with E-state index < -0.39 is 24.2 Å². The van der Waals surface area contributed by atoms with Crippen LogP contribution in [0.1, 0.15) is 309 Å². The van der Waals surface area contributed by atoms with Gasteiger partial charge < -0.3 is 20.6 Å². The van der Waals surface area contributed by atoms with E-state index in [0.29, 0.717) is 6.42 Å². The van der Waals surface area contributed by atoms with E-state index in [1.807, 2.05) is 6.08 Å². The molecule has 0 saturated heterocycles. The van der Waals surface area contributed by atoms with Crippen LogP contribution in [0.4, 0.5) is 0 Å². The van der Waals surface area contributed by atoms with Crippen LogP contribution in [0, 0.1) is 0 Å². The Kier molecular flexibility index (Phi) is 51.5. The lowest BCUT2D eigenvalue weighted by molar-refractivity contribution is -0.131. The van der Waals surface area contributed by atoms with Crippen molar-refractivity contribution >= 4 is 5.91 Å². The molecule has 3 unspecified atom stereocenters. The summed E-state index contributed by atoms with van der Waals surface area (Å²) in [6, 6.07) is -0.796. The topological polar surface area (TPSA) is 89.8 Å². The maximum atomic E-state index is 12.5. The van der Waals surface area contributed by atoms with Gasteiger partial charge in [0, 0.05) is 0 Å². The number of allylic oxidation sites excluding steroid dienone is 3. The predicted molar refractivity (Wildman–Crippen MR) is 273 cm³/mol. The summed E-state index contributed by atoms with van der Waals surface area (Å²) in [5.41, 5.74) is 0. The van der Waals surface area contributed by atoms with Gasteiger partial charge in [-0.05, 0) is 44.9 Å². The highest BCUT2D eigenvalue weighted by Gasteiger charge is 2.22. The predicted octanol–water partition coefficient (Wildman–Crippen LogP) is 17.3. The molecule has 0 spiro atoms. The number of hydrogen-bond donors (Lipinski definition) is 4. The van der Waals surface area contributed by atoms with Crippen molar-refractivity contribution in [3.8, 4) is 0 Å². The minimum absolute atomic E-state index is 0.360. The summed E-state index contributed by atoms with van der Waals surface area (Å²) >= 11 is 0. The Morgan fingerprint density at radius 3 is 0.935 bits per heavy atom. The molecule has 368 valence electrons. The van der Waals surface area contributed by atoms with Crippen LogP contribution in [0.3, 0.4) is 0 Å². The van der Waals surface area contributed by atoms with Crippen molar-refractivity contribution in [2.24, 2.45) is 0 Å². The van der Waals surface area contributed by atoms with Gasteiger partial charge in [-0.25, -0.2) is 0 Å². The fourth-order valence-corrected chi connectivity index (χ4v) is 8.89. The van der Waals surface area contributed by atoms with E-state index in [4.69, 9.17) is 0 Å². The van der Waals surface area contributed by atoms with Gasteiger partial charge in [0.2, 0.25) is 5.91 Å². The summed E-state index contributed by atoms with van der Waals surface area (Å²) in [6.07, 6.45) is 66.9. The lowest BCUT2D eigenvalue weighted by Crippen LogP contribution is -2.48. The number of carbonyl (C=O) groups excluding carboxylic acids is 1. The van der Waals surface area contributed by atoms with Crippen LogP contribution < -0.4 is 5.32 Å². The molecule has 0 fully saturated rings. The van der Waals surface area contributed by atoms with Gasteiger partial charge in [-0.1, -0.05) is 289 Å². The summed E-state index contributed by atoms with van der Waals surface area (Å²) in [7, 11) is 0. The molecule has 0 saturated carbocycles. The third-order valence-electron chi connectivity index (χ3n) is 13.3. The number of unbranched alkanes of at least 4 members (excludes halogenated alkanes) is 42. The molecule has 0 aliphatic carbocycles. The molecule has 0 aromatic heterocycles. The van der Waals surface area contributed by atoms with E-state index in [0.717, 1.165) is 32.1 Å². The van der Waals surface area contributed by atoms with Gasteiger partial charge in [0.1, 0.15) is 6.10 Å². The smallest absolute Gasteiger partial charge is 0.249 e. The fourth-order valence-electron chi connectivity index (χ4n) is 8.89. The molecule has 0 rings (SSSR count). The fraction of sp³-hybridized carbons (Fsp3) is 0.912. The number of carbonyl (C=O) groups is 1. The highest BCUT2D eigenvalue weighted by Crippen LogP contribution is 2.17. The molecule has 0 aromatic rings. The number of aliphatic hydroxyl groups is 3. The highest BCUT2D eigenvalue weighted by molar-refractivity contribution is 5.80. The van der Waals surface area contributed by atoms with Gasteiger partial charge >= 0.3 is 0 Å². The van der Waals surface area contributed by atoms with E-state index >= 15 is 0 Å². The van der Waals surface area contributed by atoms with Gasteiger partial charge in [-0.15, -0.1) is 0 Å². The van der Waals surface area contributed by atoms with Crippen molar-refractivity contribution in [2.75, 3.05) is 6.61 Å². The minimum Gasteiger partial charge on any atom is -0.394 e.